The summed E-state index contributed by atoms with van der Waals surface area (Å²) in [5, 5.41) is 6.09. The highest BCUT2D eigenvalue weighted by Crippen LogP contribution is 2.41. The van der Waals surface area contributed by atoms with Crippen LogP contribution in [0.15, 0.2) is 48.5 Å². The normalized spacial score (nSPS) is 16.4. The largest absolute Gasteiger partial charge is 0.358 e. The molecule has 3 heterocycles. The summed E-state index contributed by atoms with van der Waals surface area (Å²) in [6.07, 6.45) is 6.09. The summed E-state index contributed by atoms with van der Waals surface area (Å²) in [5.74, 6) is -0.263. The summed E-state index contributed by atoms with van der Waals surface area (Å²) in [6.45, 7) is 8.11. The van der Waals surface area contributed by atoms with Gasteiger partial charge >= 0.3 is 0 Å². The van der Waals surface area contributed by atoms with E-state index in [1.165, 1.54) is 12.8 Å². The van der Waals surface area contributed by atoms with Crippen LogP contribution < -0.4 is 10.6 Å². The molecule has 2 aliphatic heterocycles. The molecule has 1 aromatic heterocycles. The highest BCUT2D eigenvalue weighted by molar-refractivity contribution is 6.36. The average Bonchev–Trinajstić information content (AvgIpc) is 3.62. The number of H-pyrrole nitrogens is 1. The van der Waals surface area contributed by atoms with Gasteiger partial charge in [-0.15, -0.1) is 0 Å². The zero-order valence-corrected chi connectivity index (χ0v) is 21.1. The Hall–Kier alpha value is -3.64. The summed E-state index contributed by atoms with van der Waals surface area (Å²) in [4.78, 5) is 32.1. The molecule has 2 aliphatic rings. The minimum Gasteiger partial charge on any atom is -0.358 e. The zero-order chi connectivity index (χ0) is 25.1. The zero-order valence-electron chi connectivity index (χ0n) is 21.1. The first-order chi connectivity index (χ1) is 17.5. The number of benzene rings is 2. The predicted molar refractivity (Wildman–Crippen MR) is 146 cm³/mol. The van der Waals surface area contributed by atoms with E-state index in [0.717, 1.165) is 66.1 Å². The van der Waals surface area contributed by atoms with Crippen LogP contribution in [-0.2, 0) is 11.2 Å². The van der Waals surface area contributed by atoms with Crippen LogP contribution in [-0.4, -0.2) is 47.9 Å². The molecular weight excluding hydrogens is 448 g/mol. The minimum atomic E-state index is -0.157. The second-order valence-electron chi connectivity index (χ2n) is 9.69. The van der Waals surface area contributed by atoms with Gasteiger partial charge < -0.3 is 20.5 Å². The molecule has 0 saturated carbocycles. The fourth-order valence-corrected chi connectivity index (χ4v) is 5.26. The van der Waals surface area contributed by atoms with Crippen molar-refractivity contribution in [2.24, 2.45) is 0 Å². The van der Waals surface area contributed by atoms with Crippen LogP contribution in [0, 0.1) is 6.92 Å². The molecule has 2 amide bonds. The molecule has 0 unspecified atom stereocenters. The number of rotatable bonds is 8. The topological polar surface area (TPSA) is 77.2 Å². The lowest BCUT2D eigenvalue weighted by Crippen LogP contribution is -2.28. The molecule has 186 valence electrons. The van der Waals surface area contributed by atoms with E-state index < -0.39 is 0 Å². The minimum absolute atomic E-state index is 0.106. The van der Waals surface area contributed by atoms with Crippen LogP contribution in [0.3, 0.4) is 0 Å². The highest BCUT2D eigenvalue weighted by Gasteiger charge is 2.28. The summed E-state index contributed by atoms with van der Waals surface area (Å²) in [6, 6.07) is 16.0. The molecule has 0 atom stereocenters. The Balaban J connectivity index is 1.44. The Morgan fingerprint density at radius 2 is 1.86 bits per heavy atom. The third-order valence-electron chi connectivity index (χ3n) is 7.22. The first-order valence-electron chi connectivity index (χ1n) is 13.0. The van der Waals surface area contributed by atoms with Gasteiger partial charge in [0.05, 0.1) is 16.8 Å². The Kier molecular flexibility index (Phi) is 7.05. The van der Waals surface area contributed by atoms with Crippen molar-refractivity contribution in [3.8, 4) is 11.1 Å². The van der Waals surface area contributed by atoms with Crippen LogP contribution >= 0.6 is 0 Å². The van der Waals surface area contributed by atoms with Gasteiger partial charge in [-0.2, -0.15) is 0 Å². The molecule has 36 heavy (non-hydrogen) atoms. The van der Waals surface area contributed by atoms with Gasteiger partial charge in [0.25, 0.3) is 11.8 Å². The quantitative estimate of drug-likeness (QED) is 0.303. The standard InChI is InChI=1S/C30H34N4O2/c1-3-21-18-24(29(35)31-14-9-17-34-15-6-7-16-34)27(32-21)19-25-28-23(22-11-5-4-10-20(22)2)12-8-13-26(28)33-30(25)36/h4-5,8,10-13,18-19,32H,3,6-7,9,14-17H2,1-2H3,(H,31,35)(H,33,36)/b25-19-. The molecule has 2 aromatic carbocycles. The van der Waals surface area contributed by atoms with Crippen molar-refractivity contribution < 1.29 is 9.59 Å². The average molecular weight is 483 g/mol. The van der Waals surface area contributed by atoms with Gasteiger partial charge in [-0.25, -0.2) is 0 Å². The maximum atomic E-state index is 13.2. The number of aromatic nitrogens is 1. The van der Waals surface area contributed by atoms with Crippen molar-refractivity contribution in [3.05, 3.63) is 76.6 Å². The fourth-order valence-electron chi connectivity index (χ4n) is 5.26. The van der Waals surface area contributed by atoms with Crippen molar-refractivity contribution in [2.75, 3.05) is 31.5 Å². The smallest absolute Gasteiger partial charge is 0.256 e. The molecule has 0 spiro atoms. The van der Waals surface area contributed by atoms with E-state index in [4.69, 9.17) is 0 Å². The van der Waals surface area contributed by atoms with Gasteiger partial charge in [0.15, 0.2) is 0 Å². The Labute approximate surface area is 212 Å². The van der Waals surface area contributed by atoms with Crippen LogP contribution in [0.5, 0.6) is 0 Å². The molecule has 6 nitrogen and oxygen atoms in total. The van der Waals surface area contributed by atoms with Crippen LogP contribution in [0.2, 0.25) is 0 Å². The summed E-state index contributed by atoms with van der Waals surface area (Å²) in [7, 11) is 0. The van der Waals surface area contributed by atoms with Gasteiger partial charge in [0.1, 0.15) is 0 Å². The van der Waals surface area contributed by atoms with Gasteiger partial charge in [-0.1, -0.05) is 43.3 Å². The van der Waals surface area contributed by atoms with E-state index in [9.17, 15) is 9.59 Å². The number of fused-ring (bicyclic) bond motifs is 1. The molecule has 3 aromatic rings. The molecule has 0 radical (unpaired) electrons. The molecule has 5 rings (SSSR count). The number of aromatic amines is 1. The lowest BCUT2D eigenvalue weighted by Gasteiger charge is -2.14. The molecule has 3 N–H and O–H groups in total. The van der Waals surface area contributed by atoms with Gasteiger partial charge in [-0.3, -0.25) is 9.59 Å². The molecule has 6 heteroatoms. The van der Waals surface area contributed by atoms with Gasteiger partial charge in [-0.05, 0) is 87.1 Å². The second-order valence-corrected chi connectivity index (χ2v) is 9.69. The molecule has 1 fully saturated rings. The van der Waals surface area contributed by atoms with Crippen molar-refractivity contribution in [3.63, 3.8) is 0 Å². The van der Waals surface area contributed by atoms with E-state index in [2.05, 4.69) is 45.6 Å². The van der Waals surface area contributed by atoms with E-state index in [-0.39, 0.29) is 11.8 Å². The summed E-state index contributed by atoms with van der Waals surface area (Å²) in [5.41, 5.74) is 7.69. The maximum absolute atomic E-state index is 13.2. The van der Waals surface area contributed by atoms with E-state index in [1.54, 1.807) is 0 Å². The molecular formula is C30H34N4O2. The number of carbonyl (C=O) groups excluding carboxylic acids is 2. The van der Waals surface area contributed by atoms with Crippen molar-refractivity contribution in [1.29, 1.82) is 0 Å². The van der Waals surface area contributed by atoms with Crippen molar-refractivity contribution in [1.82, 2.24) is 15.2 Å². The predicted octanol–water partition coefficient (Wildman–Crippen LogP) is 5.26. The van der Waals surface area contributed by atoms with Crippen LogP contribution in [0.4, 0.5) is 5.69 Å². The van der Waals surface area contributed by atoms with Crippen molar-refractivity contribution in [2.45, 2.75) is 39.5 Å². The third-order valence-corrected chi connectivity index (χ3v) is 7.22. The Morgan fingerprint density at radius 3 is 2.64 bits per heavy atom. The van der Waals surface area contributed by atoms with E-state index >= 15 is 0 Å². The first-order valence-corrected chi connectivity index (χ1v) is 13.0. The number of aryl methyl sites for hydroxylation is 2. The van der Waals surface area contributed by atoms with Gasteiger partial charge in [0, 0.05) is 23.5 Å². The number of nitrogens with one attached hydrogen (secondary N) is 3. The molecule has 0 bridgehead atoms. The lowest BCUT2D eigenvalue weighted by atomic mass is 9.92. The number of likely N-dealkylation sites (tertiary alicyclic amines) is 1. The third kappa shape index (κ3) is 4.86. The first kappa shape index (κ1) is 24.1. The van der Waals surface area contributed by atoms with Gasteiger partial charge in [0.2, 0.25) is 0 Å². The second kappa shape index (κ2) is 10.5. The molecule has 1 saturated heterocycles. The highest BCUT2D eigenvalue weighted by atomic mass is 16.2. The van der Waals surface area contributed by atoms with Crippen LogP contribution in [0.1, 0.15) is 59.1 Å². The fraction of sp³-hybridized carbons (Fsp3) is 0.333. The number of anilines is 1. The maximum Gasteiger partial charge on any atom is 0.256 e. The lowest BCUT2D eigenvalue weighted by molar-refractivity contribution is -0.110. The number of carbonyl (C=O) groups is 2. The van der Waals surface area contributed by atoms with Crippen LogP contribution in [0.25, 0.3) is 22.8 Å². The number of nitrogens with zero attached hydrogens (tertiary/aromatic N) is 1. The summed E-state index contributed by atoms with van der Waals surface area (Å²) >= 11 is 0. The summed E-state index contributed by atoms with van der Waals surface area (Å²) < 4.78 is 0. The number of hydrogen-bond donors (Lipinski definition) is 3. The number of hydrogen-bond acceptors (Lipinski definition) is 3. The molecule has 0 aliphatic carbocycles. The van der Waals surface area contributed by atoms with E-state index in [0.29, 0.717) is 23.4 Å². The monoisotopic (exact) mass is 482 g/mol. The Bertz CT molecular complexity index is 1310. The SMILES string of the molecule is CCc1cc(C(=O)NCCCN2CCCC2)c(/C=C2\C(=O)Nc3cccc(-c4ccccc4C)c32)[nH]1. The Morgan fingerprint density at radius 1 is 1.08 bits per heavy atom. The van der Waals surface area contributed by atoms with Crippen molar-refractivity contribution >= 4 is 29.2 Å². The number of amides is 2. The van der Waals surface area contributed by atoms with E-state index in [1.807, 2.05) is 43.3 Å².